The average molecular weight is 277 g/mol. The van der Waals surface area contributed by atoms with Gasteiger partial charge in [-0.2, -0.15) is 0 Å². The molecule has 1 aromatic carbocycles. The maximum Gasteiger partial charge on any atom is 0.363 e. The first kappa shape index (κ1) is 14.2. The number of hydrogen-bond acceptors (Lipinski definition) is 4. The van der Waals surface area contributed by atoms with Crippen molar-refractivity contribution in [2.24, 2.45) is 0 Å². The monoisotopic (exact) mass is 277 g/mol. The van der Waals surface area contributed by atoms with E-state index in [1.165, 1.54) is 0 Å². The predicted octanol–water partition coefficient (Wildman–Crippen LogP) is 1.10. The van der Waals surface area contributed by atoms with Gasteiger partial charge in [0.25, 0.3) is 11.8 Å². The highest BCUT2D eigenvalue weighted by molar-refractivity contribution is 6.02. The molecule has 1 aliphatic heterocycles. The molecule has 2 amide bonds. The summed E-state index contributed by atoms with van der Waals surface area (Å²) in [6.45, 7) is 0. The molecule has 0 saturated carbocycles. The Balaban J connectivity index is 2.10. The van der Waals surface area contributed by atoms with Crippen molar-refractivity contribution in [3.05, 3.63) is 29.8 Å². The van der Waals surface area contributed by atoms with E-state index in [-0.39, 0.29) is 12.8 Å². The summed E-state index contributed by atoms with van der Waals surface area (Å²) in [5.74, 6) is -1.67. The number of carbonyl (C=O) groups excluding carboxylic acids is 3. The third kappa shape index (κ3) is 2.85. The van der Waals surface area contributed by atoms with E-state index < -0.39 is 17.8 Å². The van der Waals surface area contributed by atoms with Crippen LogP contribution in [0.25, 0.3) is 0 Å². The quantitative estimate of drug-likeness (QED) is 0.613. The molecule has 2 rings (SSSR count). The van der Waals surface area contributed by atoms with Crippen LogP contribution in [0, 0.1) is 0 Å². The minimum Gasteiger partial charge on any atom is -0.325 e. The fraction of sp³-hybridized carbons (Fsp3) is 0.357. The molecule has 1 saturated heterocycles. The Kier molecular flexibility index (Phi) is 3.59. The van der Waals surface area contributed by atoms with Crippen molar-refractivity contribution in [2.75, 3.05) is 21.1 Å². The lowest BCUT2D eigenvalue weighted by Gasteiger charge is -2.23. The lowest BCUT2D eigenvalue weighted by Crippen LogP contribution is -2.34. The molecule has 1 aromatic rings. The number of amides is 2. The predicted molar refractivity (Wildman–Crippen MR) is 72.5 cm³/mol. The van der Waals surface area contributed by atoms with Crippen molar-refractivity contribution in [2.45, 2.75) is 12.8 Å². The number of quaternary nitrogens is 1. The minimum absolute atomic E-state index is 0.0898. The maximum absolute atomic E-state index is 11.9. The first-order valence-corrected chi connectivity index (χ1v) is 6.29. The van der Waals surface area contributed by atoms with Crippen LogP contribution in [0.5, 0.6) is 0 Å². The van der Waals surface area contributed by atoms with E-state index in [4.69, 9.17) is 4.84 Å². The van der Waals surface area contributed by atoms with Gasteiger partial charge in [0.1, 0.15) is 5.69 Å². The molecule has 0 aromatic heterocycles. The van der Waals surface area contributed by atoms with E-state index in [1.807, 2.05) is 33.3 Å². The normalized spacial score (nSPS) is 15.7. The van der Waals surface area contributed by atoms with Gasteiger partial charge < -0.3 is 4.84 Å². The van der Waals surface area contributed by atoms with Gasteiger partial charge >= 0.3 is 5.97 Å². The van der Waals surface area contributed by atoms with Gasteiger partial charge in [0.05, 0.1) is 26.7 Å². The molecular weight excluding hydrogens is 260 g/mol. The highest BCUT2D eigenvalue weighted by Gasteiger charge is 2.33. The Labute approximate surface area is 117 Å². The molecule has 0 N–H and O–H groups in total. The van der Waals surface area contributed by atoms with Crippen LogP contribution in [0.4, 0.5) is 5.69 Å². The number of hydroxylamine groups is 2. The van der Waals surface area contributed by atoms with E-state index in [2.05, 4.69) is 0 Å². The van der Waals surface area contributed by atoms with Crippen molar-refractivity contribution in [3.8, 4) is 0 Å². The molecule has 1 fully saturated rings. The van der Waals surface area contributed by atoms with Crippen molar-refractivity contribution in [1.82, 2.24) is 9.55 Å². The van der Waals surface area contributed by atoms with Crippen molar-refractivity contribution < 1.29 is 19.2 Å². The minimum atomic E-state index is -0.707. The van der Waals surface area contributed by atoms with E-state index in [0.717, 1.165) is 5.69 Å². The molecule has 0 unspecified atom stereocenters. The first-order chi connectivity index (χ1) is 9.29. The fourth-order valence-electron chi connectivity index (χ4n) is 1.84. The number of rotatable bonds is 3. The molecular formula is C14H17N2O4+. The molecule has 0 atom stereocenters. The number of imide groups is 1. The van der Waals surface area contributed by atoms with Gasteiger partial charge in [-0.15, -0.1) is 5.06 Å². The molecule has 6 heteroatoms. The SMILES string of the molecule is C[N+](C)(C)c1ccc(C(=O)ON2C(=O)CCC2=O)cc1. The van der Waals surface area contributed by atoms with Crippen LogP contribution in [0.3, 0.4) is 0 Å². The Morgan fingerprint density at radius 2 is 1.55 bits per heavy atom. The summed E-state index contributed by atoms with van der Waals surface area (Å²) in [6, 6.07) is 6.85. The summed E-state index contributed by atoms with van der Waals surface area (Å²) in [5, 5.41) is 0.552. The second kappa shape index (κ2) is 5.05. The summed E-state index contributed by atoms with van der Waals surface area (Å²) in [7, 11) is 6.03. The molecule has 1 aliphatic rings. The van der Waals surface area contributed by atoms with Gasteiger partial charge in [-0.25, -0.2) is 4.79 Å². The summed E-state index contributed by atoms with van der Waals surface area (Å²) in [5.41, 5.74) is 1.32. The van der Waals surface area contributed by atoms with Crippen LogP contribution in [0.15, 0.2) is 24.3 Å². The van der Waals surface area contributed by atoms with Crippen molar-refractivity contribution in [3.63, 3.8) is 0 Å². The van der Waals surface area contributed by atoms with Crippen LogP contribution in [0.2, 0.25) is 0 Å². The molecule has 6 nitrogen and oxygen atoms in total. The Bertz CT molecular complexity index is 542. The van der Waals surface area contributed by atoms with Crippen LogP contribution in [0.1, 0.15) is 23.2 Å². The zero-order chi connectivity index (χ0) is 14.9. The first-order valence-electron chi connectivity index (χ1n) is 6.29. The van der Waals surface area contributed by atoms with E-state index in [9.17, 15) is 14.4 Å². The van der Waals surface area contributed by atoms with Crippen LogP contribution >= 0.6 is 0 Å². The number of carbonyl (C=O) groups is 3. The maximum atomic E-state index is 11.9. The van der Waals surface area contributed by atoms with Crippen LogP contribution < -0.4 is 4.48 Å². The van der Waals surface area contributed by atoms with Gasteiger partial charge in [0.2, 0.25) is 0 Å². The molecule has 1 heterocycles. The molecule has 106 valence electrons. The van der Waals surface area contributed by atoms with Gasteiger partial charge in [-0.3, -0.25) is 14.1 Å². The standard InChI is InChI=1S/C14H17N2O4/c1-16(2,3)11-6-4-10(5-7-11)14(19)20-15-12(17)8-9-13(15)18/h4-7H,8-9H2,1-3H3/q+1. The molecule has 0 bridgehead atoms. The molecule has 0 aliphatic carbocycles. The molecule has 0 spiro atoms. The van der Waals surface area contributed by atoms with E-state index in [1.54, 1.807) is 12.1 Å². The molecule has 20 heavy (non-hydrogen) atoms. The summed E-state index contributed by atoms with van der Waals surface area (Å²) in [4.78, 5) is 39.4. The molecule has 0 radical (unpaired) electrons. The summed E-state index contributed by atoms with van der Waals surface area (Å²) >= 11 is 0. The largest absolute Gasteiger partial charge is 0.363 e. The van der Waals surface area contributed by atoms with Gasteiger partial charge in [0.15, 0.2) is 0 Å². The lowest BCUT2D eigenvalue weighted by molar-refractivity contribution is -0.172. The average Bonchev–Trinajstić information content (AvgIpc) is 2.69. The summed E-state index contributed by atoms with van der Waals surface area (Å²) in [6.07, 6.45) is 0.180. The Morgan fingerprint density at radius 3 is 2.00 bits per heavy atom. The van der Waals surface area contributed by atoms with Gasteiger partial charge in [-0.05, 0) is 24.3 Å². The van der Waals surface area contributed by atoms with Gasteiger partial charge in [0, 0.05) is 12.8 Å². The Morgan fingerprint density at radius 1 is 1.05 bits per heavy atom. The zero-order valence-electron chi connectivity index (χ0n) is 11.8. The van der Waals surface area contributed by atoms with Gasteiger partial charge in [-0.1, -0.05) is 0 Å². The summed E-state index contributed by atoms with van der Waals surface area (Å²) < 4.78 is 0.623. The van der Waals surface area contributed by atoms with E-state index >= 15 is 0 Å². The van der Waals surface area contributed by atoms with Crippen molar-refractivity contribution in [1.29, 1.82) is 0 Å². The number of hydrogen-bond donors (Lipinski definition) is 0. The van der Waals surface area contributed by atoms with E-state index in [0.29, 0.717) is 15.1 Å². The number of benzene rings is 1. The zero-order valence-corrected chi connectivity index (χ0v) is 11.8. The highest BCUT2D eigenvalue weighted by Crippen LogP contribution is 2.19. The highest BCUT2D eigenvalue weighted by atomic mass is 16.7. The smallest absolute Gasteiger partial charge is 0.325 e. The topological polar surface area (TPSA) is 63.7 Å². The third-order valence-corrected chi connectivity index (χ3v) is 3.06. The van der Waals surface area contributed by atoms with Crippen LogP contribution in [-0.2, 0) is 14.4 Å². The van der Waals surface area contributed by atoms with Crippen LogP contribution in [-0.4, -0.2) is 44.0 Å². The second-order valence-corrected chi connectivity index (χ2v) is 5.52. The fourth-order valence-corrected chi connectivity index (χ4v) is 1.84. The second-order valence-electron chi connectivity index (χ2n) is 5.52. The number of nitrogens with zero attached hydrogens (tertiary/aromatic N) is 2. The Hall–Kier alpha value is -2.21. The van der Waals surface area contributed by atoms with Crippen molar-refractivity contribution >= 4 is 23.5 Å². The third-order valence-electron chi connectivity index (χ3n) is 3.06. The lowest BCUT2D eigenvalue weighted by atomic mass is 10.2.